The molecule has 2 heterocycles. The first-order valence-corrected chi connectivity index (χ1v) is 10.8. The fourth-order valence-electron chi connectivity index (χ4n) is 3.59. The van der Waals surface area contributed by atoms with Gasteiger partial charge in [0.15, 0.2) is 0 Å². The molecule has 7 nitrogen and oxygen atoms in total. The van der Waals surface area contributed by atoms with Crippen LogP contribution in [0.2, 0.25) is 0 Å². The number of nitrogens with zero attached hydrogens (tertiary/aromatic N) is 3. The van der Waals surface area contributed by atoms with Gasteiger partial charge in [0.1, 0.15) is 6.33 Å². The molecule has 1 aromatic carbocycles. The van der Waals surface area contributed by atoms with Crippen molar-refractivity contribution in [3.8, 4) is 0 Å². The van der Waals surface area contributed by atoms with Crippen LogP contribution in [0.3, 0.4) is 0 Å². The van der Waals surface area contributed by atoms with Crippen molar-refractivity contribution in [2.24, 2.45) is 0 Å². The monoisotopic (exact) mass is 402 g/mol. The Bertz CT molecular complexity index is 992. The fourth-order valence-corrected chi connectivity index (χ4v) is 5.23. The quantitative estimate of drug-likeness (QED) is 0.825. The molecule has 0 unspecified atom stereocenters. The van der Waals surface area contributed by atoms with E-state index in [1.54, 1.807) is 11.1 Å². The van der Waals surface area contributed by atoms with Crippen LogP contribution in [0.15, 0.2) is 23.5 Å². The third-order valence-corrected chi connectivity index (χ3v) is 7.14. The fraction of sp³-hybridized carbons (Fsp3) is 0.450. The van der Waals surface area contributed by atoms with E-state index >= 15 is 0 Å². The third-order valence-electron chi connectivity index (χ3n) is 5.41. The SMILES string of the molecule is Cc1cc(C)c(C)c(S(=O)(=O)NCCC(=O)N2CCc3ncncc3C2)c1C. The number of carbonyl (C=O) groups excluding carboxylic acids is 1. The molecule has 1 aliphatic rings. The molecule has 2 aromatic rings. The molecule has 0 saturated carbocycles. The van der Waals surface area contributed by atoms with E-state index in [1.165, 1.54) is 6.33 Å². The average Bonchev–Trinajstić information content (AvgIpc) is 2.65. The molecule has 150 valence electrons. The van der Waals surface area contributed by atoms with Crippen LogP contribution in [0, 0.1) is 27.7 Å². The second-order valence-corrected chi connectivity index (χ2v) is 9.00. The molecule has 1 N–H and O–H groups in total. The van der Waals surface area contributed by atoms with Gasteiger partial charge >= 0.3 is 0 Å². The van der Waals surface area contributed by atoms with Gasteiger partial charge in [0.05, 0.1) is 10.6 Å². The highest BCUT2D eigenvalue weighted by atomic mass is 32.2. The number of aryl methyl sites for hydroxylation is 2. The Balaban J connectivity index is 1.64. The predicted molar refractivity (Wildman–Crippen MR) is 106 cm³/mol. The number of benzene rings is 1. The molecule has 0 fully saturated rings. The van der Waals surface area contributed by atoms with Gasteiger partial charge in [-0.15, -0.1) is 0 Å². The molecule has 0 saturated heterocycles. The molecule has 1 aliphatic heterocycles. The second kappa shape index (κ2) is 7.97. The van der Waals surface area contributed by atoms with Gasteiger partial charge in [0, 0.05) is 44.2 Å². The number of rotatable bonds is 5. The number of hydrogen-bond donors (Lipinski definition) is 1. The van der Waals surface area contributed by atoms with Crippen molar-refractivity contribution in [1.29, 1.82) is 0 Å². The Hall–Kier alpha value is -2.32. The van der Waals surface area contributed by atoms with Crippen molar-refractivity contribution in [2.75, 3.05) is 13.1 Å². The summed E-state index contributed by atoms with van der Waals surface area (Å²) in [6, 6.07) is 1.99. The van der Waals surface area contributed by atoms with Gasteiger partial charge in [-0.05, 0) is 49.9 Å². The van der Waals surface area contributed by atoms with Crippen LogP contribution in [-0.4, -0.2) is 42.3 Å². The number of nitrogens with one attached hydrogen (secondary N) is 1. The molecule has 0 spiro atoms. The molecule has 0 radical (unpaired) electrons. The van der Waals surface area contributed by atoms with Crippen LogP contribution >= 0.6 is 0 Å². The Morgan fingerprint density at radius 2 is 1.86 bits per heavy atom. The average molecular weight is 403 g/mol. The maximum atomic E-state index is 12.8. The molecule has 0 atom stereocenters. The zero-order chi connectivity index (χ0) is 20.5. The Kier molecular flexibility index (Phi) is 5.81. The number of sulfonamides is 1. The topological polar surface area (TPSA) is 92.3 Å². The summed E-state index contributed by atoms with van der Waals surface area (Å²) in [5, 5.41) is 0. The van der Waals surface area contributed by atoms with Gasteiger partial charge in [0.25, 0.3) is 0 Å². The summed E-state index contributed by atoms with van der Waals surface area (Å²) in [6.07, 6.45) is 4.06. The van der Waals surface area contributed by atoms with Crippen molar-refractivity contribution in [3.05, 3.63) is 52.1 Å². The zero-order valence-corrected chi connectivity index (χ0v) is 17.6. The molecule has 0 bridgehead atoms. The van der Waals surface area contributed by atoms with Gasteiger partial charge in [0.2, 0.25) is 15.9 Å². The van der Waals surface area contributed by atoms with Gasteiger partial charge in [-0.1, -0.05) is 6.07 Å². The molecule has 1 aromatic heterocycles. The van der Waals surface area contributed by atoms with Gasteiger partial charge in [-0.3, -0.25) is 4.79 Å². The van der Waals surface area contributed by atoms with Crippen LogP contribution in [0.25, 0.3) is 0 Å². The Labute approximate surface area is 166 Å². The van der Waals surface area contributed by atoms with E-state index in [9.17, 15) is 13.2 Å². The summed E-state index contributed by atoms with van der Waals surface area (Å²) >= 11 is 0. The van der Waals surface area contributed by atoms with E-state index < -0.39 is 10.0 Å². The molecule has 28 heavy (non-hydrogen) atoms. The number of carbonyl (C=O) groups is 1. The summed E-state index contributed by atoms with van der Waals surface area (Å²) in [4.78, 5) is 22.8. The van der Waals surface area contributed by atoms with E-state index in [0.717, 1.165) is 33.5 Å². The van der Waals surface area contributed by atoms with Gasteiger partial charge in [-0.25, -0.2) is 23.1 Å². The Morgan fingerprint density at radius 3 is 2.54 bits per heavy atom. The van der Waals surface area contributed by atoms with E-state index in [4.69, 9.17) is 0 Å². The van der Waals surface area contributed by atoms with Crippen LogP contribution in [-0.2, 0) is 27.8 Å². The van der Waals surface area contributed by atoms with Crippen LogP contribution in [0.5, 0.6) is 0 Å². The molecular formula is C20H26N4O3S. The third kappa shape index (κ3) is 4.07. The summed E-state index contributed by atoms with van der Waals surface area (Å²) < 4.78 is 28.3. The Morgan fingerprint density at radius 1 is 1.18 bits per heavy atom. The summed E-state index contributed by atoms with van der Waals surface area (Å²) in [6.45, 7) is 8.57. The highest BCUT2D eigenvalue weighted by molar-refractivity contribution is 7.89. The van der Waals surface area contributed by atoms with Crippen molar-refractivity contribution in [1.82, 2.24) is 19.6 Å². The minimum Gasteiger partial charge on any atom is -0.338 e. The molecule has 1 amide bonds. The molecule has 3 rings (SSSR count). The minimum atomic E-state index is -3.68. The van der Waals surface area contributed by atoms with Crippen LogP contribution < -0.4 is 4.72 Å². The summed E-state index contributed by atoms with van der Waals surface area (Å²) in [7, 11) is -3.68. The van der Waals surface area contributed by atoms with Crippen LogP contribution in [0.4, 0.5) is 0 Å². The lowest BCUT2D eigenvalue weighted by molar-refractivity contribution is -0.131. The predicted octanol–water partition coefficient (Wildman–Crippen LogP) is 1.96. The smallest absolute Gasteiger partial charge is 0.241 e. The number of hydrogen-bond acceptors (Lipinski definition) is 5. The summed E-state index contributed by atoms with van der Waals surface area (Å²) in [5.74, 6) is -0.0777. The molecule has 8 heteroatoms. The maximum Gasteiger partial charge on any atom is 0.241 e. The first-order chi connectivity index (χ1) is 13.2. The van der Waals surface area contributed by atoms with Gasteiger partial charge < -0.3 is 4.90 Å². The van der Waals surface area contributed by atoms with E-state index in [0.29, 0.717) is 24.4 Å². The highest BCUT2D eigenvalue weighted by Crippen LogP contribution is 2.26. The molecular weight excluding hydrogens is 376 g/mol. The van der Waals surface area contributed by atoms with Crippen molar-refractivity contribution in [2.45, 2.75) is 52.0 Å². The standard InChI is InChI=1S/C20H26N4O3S/c1-13-9-14(2)16(4)20(15(13)3)28(26,27)23-7-5-19(25)24-8-6-18-17(11-24)10-21-12-22-18/h9-10,12,23H,5-8,11H2,1-4H3. The minimum absolute atomic E-state index is 0.0711. The van der Waals surface area contributed by atoms with E-state index in [1.807, 2.05) is 33.8 Å². The molecule has 0 aliphatic carbocycles. The normalized spacial score (nSPS) is 14.1. The van der Waals surface area contributed by atoms with Gasteiger partial charge in [-0.2, -0.15) is 0 Å². The van der Waals surface area contributed by atoms with E-state index in [-0.39, 0.29) is 18.9 Å². The second-order valence-electron chi connectivity index (χ2n) is 7.30. The first kappa shape index (κ1) is 20.4. The summed E-state index contributed by atoms with van der Waals surface area (Å²) in [5.41, 5.74) is 5.29. The number of amides is 1. The maximum absolute atomic E-state index is 12.8. The highest BCUT2D eigenvalue weighted by Gasteiger charge is 2.24. The lowest BCUT2D eigenvalue weighted by atomic mass is 10.0. The lowest BCUT2D eigenvalue weighted by Crippen LogP contribution is -2.38. The van der Waals surface area contributed by atoms with Crippen molar-refractivity contribution in [3.63, 3.8) is 0 Å². The lowest BCUT2D eigenvalue weighted by Gasteiger charge is -2.28. The largest absolute Gasteiger partial charge is 0.338 e. The van der Waals surface area contributed by atoms with Crippen LogP contribution in [0.1, 0.15) is 39.9 Å². The zero-order valence-electron chi connectivity index (χ0n) is 16.7. The number of fused-ring (bicyclic) bond motifs is 1. The number of aromatic nitrogens is 2. The first-order valence-electron chi connectivity index (χ1n) is 9.33. The van der Waals surface area contributed by atoms with E-state index in [2.05, 4.69) is 14.7 Å². The van der Waals surface area contributed by atoms with Crippen molar-refractivity contribution >= 4 is 15.9 Å². The van der Waals surface area contributed by atoms with Crippen molar-refractivity contribution < 1.29 is 13.2 Å².